The first kappa shape index (κ1) is 12.7. The first-order chi connectivity index (χ1) is 8.95. The molecule has 0 aliphatic heterocycles. The fourth-order valence-electron chi connectivity index (χ4n) is 2.86. The monoisotopic (exact) mass is 251 g/mol. The van der Waals surface area contributed by atoms with Crippen LogP contribution in [-0.4, -0.2) is 29.6 Å². The van der Waals surface area contributed by atoms with Crippen LogP contribution < -0.4 is 0 Å². The Bertz CT molecular complexity index is 657. The molecule has 4 aromatic carbocycles. The average Bonchev–Trinajstić information content (AvgIpc) is 2.48. The Morgan fingerprint density at radius 3 is 0.632 bits per heavy atom. The normalized spacial score (nSPS) is 10.7. The molecule has 0 bridgehead atoms. The van der Waals surface area contributed by atoms with Crippen molar-refractivity contribution in [2.75, 3.05) is 0 Å². The van der Waals surface area contributed by atoms with Gasteiger partial charge in [-0.3, -0.25) is 0 Å². The third-order valence-corrected chi connectivity index (χ3v) is 3.65. The number of rotatable bonds is 0. The summed E-state index contributed by atoms with van der Waals surface area (Å²) >= 11 is 0. The molecular weight excluding hydrogens is 239 g/mol. The maximum atomic E-state index is 2.21. The van der Waals surface area contributed by atoms with E-state index < -0.39 is 0 Å². The van der Waals surface area contributed by atoms with Gasteiger partial charge in [0.2, 0.25) is 0 Å². The SMILES string of the molecule is [Na].c1ccc2c(c1)c1ccccc1c1ccccc21. The third-order valence-electron chi connectivity index (χ3n) is 3.65. The van der Waals surface area contributed by atoms with Gasteiger partial charge in [0.05, 0.1) is 0 Å². The van der Waals surface area contributed by atoms with E-state index in [1.807, 2.05) is 0 Å². The Balaban J connectivity index is 0.00000110. The molecule has 0 atom stereocenters. The summed E-state index contributed by atoms with van der Waals surface area (Å²) in [6.45, 7) is 0. The zero-order valence-corrected chi connectivity index (χ0v) is 12.9. The predicted octanol–water partition coefficient (Wildman–Crippen LogP) is 4.77. The summed E-state index contributed by atoms with van der Waals surface area (Å²) < 4.78 is 0. The van der Waals surface area contributed by atoms with E-state index in [1.54, 1.807) is 0 Å². The Kier molecular flexibility index (Phi) is 3.32. The average molecular weight is 251 g/mol. The van der Waals surface area contributed by atoms with Crippen molar-refractivity contribution in [2.45, 2.75) is 0 Å². The molecule has 0 fully saturated rings. The molecule has 1 radical (unpaired) electrons. The molecule has 0 aromatic heterocycles. The van der Waals surface area contributed by atoms with Crippen LogP contribution in [0.3, 0.4) is 0 Å². The maximum absolute atomic E-state index is 2.21. The third kappa shape index (κ3) is 1.88. The Labute approximate surface area is 134 Å². The summed E-state index contributed by atoms with van der Waals surface area (Å²) in [5.74, 6) is 0. The quantitative estimate of drug-likeness (QED) is 0.312. The number of fused-ring (bicyclic) bond motifs is 6. The summed E-state index contributed by atoms with van der Waals surface area (Å²) in [6, 6.07) is 26.0. The molecule has 4 rings (SSSR count). The molecule has 0 N–H and O–H groups in total. The van der Waals surface area contributed by atoms with E-state index in [9.17, 15) is 0 Å². The van der Waals surface area contributed by atoms with E-state index >= 15 is 0 Å². The molecule has 0 nitrogen and oxygen atoms in total. The van der Waals surface area contributed by atoms with E-state index in [0.29, 0.717) is 0 Å². The molecule has 19 heavy (non-hydrogen) atoms. The maximum Gasteiger partial charge on any atom is 0 e. The number of benzene rings is 4. The van der Waals surface area contributed by atoms with Crippen molar-refractivity contribution < 1.29 is 0 Å². The van der Waals surface area contributed by atoms with E-state index in [1.165, 1.54) is 32.3 Å². The van der Waals surface area contributed by atoms with Crippen LogP contribution in [0.15, 0.2) is 72.8 Å². The summed E-state index contributed by atoms with van der Waals surface area (Å²) in [6.07, 6.45) is 0. The summed E-state index contributed by atoms with van der Waals surface area (Å²) in [5, 5.41) is 8.04. The van der Waals surface area contributed by atoms with Crippen molar-refractivity contribution in [3.63, 3.8) is 0 Å². The van der Waals surface area contributed by atoms with Gasteiger partial charge in [-0.05, 0) is 32.3 Å². The van der Waals surface area contributed by atoms with Crippen LogP contribution in [0.4, 0.5) is 0 Å². The topological polar surface area (TPSA) is 0 Å². The predicted molar refractivity (Wildman–Crippen MR) is 84.7 cm³/mol. The molecule has 1 heteroatoms. The van der Waals surface area contributed by atoms with Crippen molar-refractivity contribution in [3.8, 4) is 0 Å². The van der Waals surface area contributed by atoms with Gasteiger partial charge in [0.25, 0.3) is 0 Å². The minimum Gasteiger partial charge on any atom is -0.0616 e. The number of hydrogen-bond acceptors (Lipinski definition) is 0. The molecule has 0 unspecified atom stereocenters. The van der Waals surface area contributed by atoms with Crippen LogP contribution in [0.5, 0.6) is 0 Å². The van der Waals surface area contributed by atoms with Gasteiger partial charge in [-0.2, -0.15) is 0 Å². The Morgan fingerprint density at radius 1 is 0.316 bits per heavy atom. The van der Waals surface area contributed by atoms with Gasteiger partial charge in [-0.25, -0.2) is 0 Å². The molecule has 0 saturated heterocycles. The van der Waals surface area contributed by atoms with E-state index in [0.717, 1.165) is 0 Å². The molecule has 0 aliphatic rings. The largest absolute Gasteiger partial charge is 0.0616 e. The van der Waals surface area contributed by atoms with Crippen molar-refractivity contribution in [1.82, 2.24) is 0 Å². The fraction of sp³-hybridized carbons (Fsp3) is 0. The zero-order chi connectivity index (χ0) is 11.9. The molecule has 0 aliphatic carbocycles. The van der Waals surface area contributed by atoms with Crippen LogP contribution >= 0.6 is 0 Å². The molecule has 0 spiro atoms. The van der Waals surface area contributed by atoms with Gasteiger partial charge in [-0.15, -0.1) is 0 Å². The molecule has 0 amide bonds. The summed E-state index contributed by atoms with van der Waals surface area (Å²) in [5.41, 5.74) is 0. The second kappa shape index (κ2) is 4.97. The summed E-state index contributed by atoms with van der Waals surface area (Å²) in [4.78, 5) is 0. The van der Waals surface area contributed by atoms with Gasteiger partial charge < -0.3 is 0 Å². The molecule has 0 heterocycles. The minimum absolute atomic E-state index is 0. The summed E-state index contributed by atoms with van der Waals surface area (Å²) in [7, 11) is 0. The van der Waals surface area contributed by atoms with Crippen molar-refractivity contribution in [3.05, 3.63) is 72.8 Å². The van der Waals surface area contributed by atoms with Crippen LogP contribution in [0.2, 0.25) is 0 Å². The zero-order valence-electron chi connectivity index (χ0n) is 10.9. The first-order valence-corrected chi connectivity index (χ1v) is 6.23. The Morgan fingerprint density at radius 2 is 0.474 bits per heavy atom. The number of hydrogen-bond donors (Lipinski definition) is 0. The minimum atomic E-state index is 0. The van der Waals surface area contributed by atoms with Crippen LogP contribution in [0, 0.1) is 0 Å². The van der Waals surface area contributed by atoms with E-state index in [4.69, 9.17) is 0 Å². The van der Waals surface area contributed by atoms with Gasteiger partial charge in [0.1, 0.15) is 0 Å². The van der Waals surface area contributed by atoms with Crippen molar-refractivity contribution in [2.24, 2.45) is 0 Å². The molecule has 4 aromatic rings. The van der Waals surface area contributed by atoms with Crippen LogP contribution in [0.25, 0.3) is 32.3 Å². The molecule has 85 valence electrons. The molecule has 0 saturated carbocycles. The molecular formula is C18H12Na. The van der Waals surface area contributed by atoms with Crippen molar-refractivity contribution in [1.29, 1.82) is 0 Å². The second-order valence-corrected chi connectivity index (χ2v) is 4.64. The standard InChI is InChI=1S/C18H12.Na/c1-2-8-14-13(7-1)15-9-3-4-11-17(15)18-12-6-5-10-16(14)18;/h1-12H;. The second-order valence-electron chi connectivity index (χ2n) is 4.64. The smallest absolute Gasteiger partial charge is 0 e. The first-order valence-electron chi connectivity index (χ1n) is 6.23. The van der Waals surface area contributed by atoms with Crippen molar-refractivity contribution >= 4 is 61.9 Å². The van der Waals surface area contributed by atoms with Gasteiger partial charge >= 0.3 is 0 Å². The van der Waals surface area contributed by atoms with Gasteiger partial charge in [0, 0.05) is 29.6 Å². The van der Waals surface area contributed by atoms with E-state index in [2.05, 4.69) is 72.8 Å². The van der Waals surface area contributed by atoms with E-state index in [-0.39, 0.29) is 29.6 Å². The Hall–Kier alpha value is -1.34. The fourth-order valence-corrected chi connectivity index (χ4v) is 2.86. The van der Waals surface area contributed by atoms with Gasteiger partial charge in [-0.1, -0.05) is 72.8 Å². The van der Waals surface area contributed by atoms with Crippen LogP contribution in [-0.2, 0) is 0 Å². The van der Waals surface area contributed by atoms with Crippen LogP contribution in [0.1, 0.15) is 0 Å². The van der Waals surface area contributed by atoms with Gasteiger partial charge in [0.15, 0.2) is 0 Å².